The first-order valence-corrected chi connectivity index (χ1v) is 11.0. The number of carbonyl (C=O) groups excluding carboxylic acids is 2. The Hall–Kier alpha value is -2.33. The maximum Gasteiger partial charge on any atom is 0.319 e. The molecule has 1 aromatic carbocycles. The van der Waals surface area contributed by atoms with Crippen LogP contribution in [0.3, 0.4) is 0 Å². The fourth-order valence-corrected chi connectivity index (χ4v) is 3.88. The van der Waals surface area contributed by atoms with E-state index < -0.39 is 18.2 Å². The molecule has 1 aliphatic heterocycles. The average Bonchev–Trinajstić information content (AvgIpc) is 3.07. The third kappa shape index (κ3) is 6.35. The summed E-state index contributed by atoms with van der Waals surface area (Å²) >= 11 is 11.9. The highest BCUT2D eigenvalue weighted by atomic mass is 35.5. The largest absolute Gasteiger partial charge is 0.394 e. The van der Waals surface area contributed by atoms with Crippen molar-refractivity contribution in [2.24, 2.45) is 0 Å². The summed E-state index contributed by atoms with van der Waals surface area (Å²) in [5, 5.41) is 22.8. The van der Waals surface area contributed by atoms with Crippen LogP contribution >= 0.6 is 23.2 Å². The van der Waals surface area contributed by atoms with Gasteiger partial charge in [0.1, 0.15) is 17.5 Å². The number of aliphatic hydroxyl groups is 1. The van der Waals surface area contributed by atoms with E-state index in [1.807, 2.05) is 0 Å². The van der Waals surface area contributed by atoms with E-state index in [9.17, 15) is 14.7 Å². The van der Waals surface area contributed by atoms with Crippen molar-refractivity contribution in [1.82, 2.24) is 15.8 Å². The Morgan fingerprint density at radius 2 is 2.00 bits per heavy atom. The number of hydrogen-bond donors (Lipinski definition) is 4. The van der Waals surface area contributed by atoms with Crippen LogP contribution < -0.4 is 16.0 Å². The number of nitrogens with zero attached hydrogens (tertiary/aromatic N) is 1. The van der Waals surface area contributed by atoms with Crippen LogP contribution in [0.2, 0.25) is 10.0 Å². The van der Waals surface area contributed by atoms with Crippen LogP contribution in [0, 0.1) is 13.8 Å². The van der Waals surface area contributed by atoms with Crippen LogP contribution in [-0.2, 0) is 16.1 Å². The predicted molar refractivity (Wildman–Crippen MR) is 120 cm³/mol. The van der Waals surface area contributed by atoms with E-state index in [1.54, 1.807) is 32.0 Å². The molecular formula is C21H26Cl2N4O5. The smallest absolute Gasteiger partial charge is 0.319 e. The summed E-state index contributed by atoms with van der Waals surface area (Å²) in [5.74, 6) is 0.323. The maximum atomic E-state index is 12.4. The van der Waals surface area contributed by atoms with Gasteiger partial charge in [-0.2, -0.15) is 0 Å². The number of halogens is 2. The van der Waals surface area contributed by atoms with E-state index in [2.05, 4.69) is 21.1 Å². The second-order valence-corrected chi connectivity index (χ2v) is 8.50. The predicted octanol–water partition coefficient (Wildman–Crippen LogP) is 3.33. The van der Waals surface area contributed by atoms with Gasteiger partial charge in [-0.15, -0.1) is 0 Å². The summed E-state index contributed by atoms with van der Waals surface area (Å²) < 4.78 is 10.9. The lowest BCUT2D eigenvalue weighted by molar-refractivity contribution is -0.130. The van der Waals surface area contributed by atoms with E-state index in [0.29, 0.717) is 46.6 Å². The summed E-state index contributed by atoms with van der Waals surface area (Å²) in [6, 6.07) is 4.33. The fourth-order valence-electron chi connectivity index (χ4n) is 3.56. The molecule has 1 fully saturated rings. The second kappa shape index (κ2) is 11.0. The number of ether oxygens (including phenoxy) is 1. The van der Waals surface area contributed by atoms with Gasteiger partial charge in [-0.3, -0.25) is 4.79 Å². The van der Waals surface area contributed by atoms with Crippen LogP contribution in [0.5, 0.6) is 0 Å². The van der Waals surface area contributed by atoms with Gasteiger partial charge in [0.2, 0.25) is 5.91 Å². The van der Waals surface area contributed by atoms with Gasteiger partial charge >= 0.3 is 6.03 Å². The third-order valence-electron chi connectivity index (χ3n) is 5.27. The molecule has 4 N–H and O–H groups in total. The standard InChI is InChI=1S/C21H26Cl2N4O5/c1-11-20(12(2)32-27-11)26-21(30)25-17-6-4-14(31-18(17)10-28)8-19(29)24-9-13-3-5-15(22)16(23)7-13/h3,5,7,14,17-18,28H,4,6,8-10H2,1-2H3,(H,24,29)(H2,25,26,30)/t14-,17+,18-/m0/s1. The van der Waals surface area contributed by atoms with Crippen molar-refractivity contribution in [2.75, 3.05) is 11.9 Å². The minimum absolute atomic E-state index is 0.149. The van der Waals surface area contributed by atoms with Gasteiger partial charge in [0, 0.05) is 6.54 Å². The van der Waals surface area contributed by atoms with Crippen LogP contribution in [0.4, 0.5) is 10.5 Å². The van der Waals surface area contributed by atoms with Crippen molar-refractivity contribution in [3.63, 3.8) is 0 Å². The number of benzene rings is 1. The molecule has 11 heteroatoms. The summed E-state index contributed by atoms with van der Waals surface area (Å²) in [7, 11) is 0. The number of aromatic nitrogens is 1. The van der Waals surface area contributed by atoms with E-state index in [1.165, 1.54) is 0 Å². The van der Waals surface area contributed by atoms with Gasteiger partial charge in [0.05, 0.1) is 35.2 Å². The van der Waals surface area contributed by atoms with Crippen molar-refractivity contribution in [2.45, 2.75) is 57.9 Å². The van der Waals surface area contributed by atoms with E-state index in [4.69, 9.17) is 32.5 Å². The highest BCUT2D eigenvalue weighted by molar-refractivity contribution is 6.42. The van der Waals surface area contributed by atoms with Crippen molar-refractivity contribution < 1.29 is 24.0 Å². The number of amides is 3. The quantitative estimate of drug-likeness (QED) is 0.477. The molecule has 3 atom stereocenters. The lowest BCUT2D eigenvalue weighted by Gasteiger charge is -2.35. The Kier molecular flexibility index (Phi) is 8.36. The van der Waals surface area contributed by atoms with E-state index >= 15 is 0 Å². The van der Waals surface area contributed by atoms with Crippen LogP contribution in [0.1, 0.15) is 36.3 Å². The molecule has 0 saturated carbocycles. The number of aryl methyl sites for hydroxylation is 2. The molecule has 3 rings (SSSR count). The zero-order chi connectivity index (χ0) is 23.3. The minimum Gasteiger partial charge on any atom is -0.394 e. The lowest BCUT2D eigenvalue weighted by Crippen LogP contribution is -2.52. The van der Waals surface area contributed by atoms with Crippen LogP contribution in [0.25, 0.3) is 0 Å². The molecule has 1 aromatic heterocycles. The normalized spacial score (nSPS) is 20.6. The zero-order valence-corrected chi connectivity index (χ0v) is 19.3. The van der Waals surface area contributed by atoms with Gasteiger partial charge in [0.15, 0.2) is 5.76 Å². The molecular weight excluding hydrogens is 459 g/mol. The minimum atomic E-state index is -0.618. The summed E-state index contributed by atoms with van der Waals surface area (Å²) in [4.78, 5) is 24.7. The van der Waals surface area contributed by atoms with Crippen molar-refractivity contribution in [1.29, 1.82) is 0 Å². The topological polar surface area (TPSA) is 126 Å². The van der Waals surface area contributed by atoms with Crippen LogP contribution in [-0.4, -0.2) is 47.1 Å². The van der Waals surface area contributed by atoms with Crippen molar-refractivity contribution in [3.05, 3.63) is 45.3 Å². The van der Waals surface area contributed by atoms with Crippen LogP contribution in [0.15, 0.2) is 22.7 Å². The van der Waals surface area contributed by atoms with Gasteiger partial charge in [-0.25, -0.2) is 4.79 Å². The molecule has 174 valence electrons. The Balaban J connectivity index is 1.46. The number of carbonyl (C=O) groups is 2. The number of rotatable bonds is 7. The summed E-state index contributed by atoms with van der Waals surface area (Å²) in [6.07, 6.45) is 0.296. The van der Waals surface area contributed by atoms with E-state index in [0.717, 1.165) is 5.56 Å². The van der Waals surface area contributed by atoms with Gasteiger partial charge in [0.25, 0.3) is 0 Å². The Bertz CT molecular complexity index is 948. The molecule has 2 aromatic rings. The molecule has 0 unspecified atom stereocenters. The highest BCUT2D eigenvalue weighted by Crippen LogP contribution is 2.24. The van der Waals surface area contributed by atoms with E-state index in [-0.39, 0.29) is 25.0 Å². The second-order valence-electron chi connectivity index (χ2n) is 7.69. The Morgan fingerprint density at radius 3 is 2.66 bits per heavy atom. The number of urea groups is 1. The average molecular weight is 485 g/mol. The number of hydrogen-bond acceptors (Lipinski definition) is 6. The molecule has 0 aliphatic carbocycles. The first-order valence-electron chi connectivity index (χ1n) is 10.2. The third-order valence-corrected chi connectivity index (χ3v) is 6.01. The molecule has 0 bridgehead atoms. The molecule has 32 heavy (non-hydrogen) atoms. The van der Waals surface area contributed by atoms with Crippen molar-refractivity contribution >= 4 is 40.8 Å². The Morgan fingerprint density at radius 1 is 1.22 bits per heavy atom. The molecule has 1 saturated heterocycles. The molecule has 9 nitrogen and oxygen atoms in total. The molecule has 0 spiro atoms. The first kappa shape index (κ1) is 24.3. The molecule has 0 radical (unpaired) electrons. The van der Waals surface area contributed by atoms with Gasteiger partial charge < -0.3 is 30.3 Å². The number of anilines is 1. The van der Waals surface area contributed by atoms with Gasteiger partial charge in [-0.05, 0) is 44.4 Å². The SMILES string of the molecule is Cc1noc(C)c1NC(=O)N[C@@H]1CC[C@@H](CC(=O)NCc2ccc(Cl)c(Cl)c2)O[C@H]1CO. The maximum absolute atomic E-state index is 12.4. The summed E-state index contributed by atoms with van der Waals surface area (Å²) in [6.45, 7) is 3.46. The molecule has 3 amide bonds. The highest BCUT2D eigenvalue weighted by Gasteiger charge is 2.33. The number of nitrogens with one attached hydrogen (secondary N) is 3. The molecule has 1 aliphatic rings. The van der Waals surface area contributed by atoms with Gasteiger partial charge in [-0.1, -0.05) is 34.4 Å². The monoisotopic (exact) mass is 484 g/mol. The zero-order valence-electron chi connectivity index (χ0n) is 17.8. The summed E-state index contributed by atoms with van der Waals surface area (Å²) in [5.41, 5.74) is 1.92. The fraction of sp³-hybridized carbons (Fsp3) is 0.476. The number of aliphatic hydroxyl groups excluding tert-OH is 1. The van der Waals surface area contributed by atoms with Crippen molar-refractivity contribution in [3.8, 4) is 0 Å². The molecule has 2 heterocycles. The Labute approximate surface area is 195 Å². The first-order chi connectivity index (χ1) is 15.3. The lowest BCUT2D eigenvalue weighted by atomic mass is 9.97.